The second kappa shape index (κ2) is 6.02. The van der Waals surface area contributed by atoms with Gasteiger partial charge < -0.3 is 4.74 Å². The topological polar surface area (TPSA) is 69.4 Å². The first-order valence-electron chi connectivity index (χ1n) is 5.60. The van der Waals surface area contributed by atoms with Crippen molar-refractivity contribution in [3.05, 3.63) is 29.8 Å². The second-order valence-corrected chi connectivity index (χ2v) is 5.89. The second-order valence-electron chi connectivity index (χ2n) is 4.23. The number of sulfonamides is 1. The maximum Gasteiger partial charge on any atom is 0.209 e. The summed E-state index contributed by atoms with van der Waals surface area (Å²) in [6.45, 7) is 4.28. The molecule has 0 aliphatic rings. The van der Waals surface area contributed by atoms with Crippen LogP contribution in [0.25, 0.3) is 0 Å². The van der Waals surface area contributed by atoms with Crippen LogP contribution >= 0.6 is 0 Å². The molecule has 0 heterocycles. The van der Waals surface area contributed by atoms with E-state index in [2.05, 4.69) is 0 Å². The van der Waals surface area contributed by atoms with Gasteiger partial charge in [-0.1, -0.05) is 19.1 Å². The average Bonchev–Trinajstić information content (AvgIpc) is 2.23. The van der Waals surface area contributed by atoms with Crippen LogP contribution in [0.2, 0.25) is 0 Å². The summed E-state index contributed by atoms with van der Waals surface area (Å²) < 4.78 is 27.5. The van der Waals surface area contributed by atoms with Gasteiger partial charge in [0.05, 0.1) is 12.4 Å². The molecule has 0 aromatic heterocycles. The molecule has 96 valence electrons. The van der Waals surface area contributed by atoms with Gasteiger partial charge in [0, 0.05) is 5.92 Å². The van der Waals surface area contributed by atoms with E-state index in [1.165, 1.54) is 0 Å². The number of primary sulfonamides is 1. The van der Waals surface area contributed by atoms with Gasteiger partial charge in [-0.05, 0) is 31.0 Å². The maximum absolute atomic E-state index is 11.0. The van der Waals surface area contributed by atoms with Crippen molar-refractivity contribution in [3.63, 3.8) is 0 Å². The minimum Gasteiger partial charge on any atom is -0.493 e. The molecule has 0 radical (unpaired) electrons. The Bertz CT molecular complexity index is 457. The zero-order valence-corrected chi connectivity index (χ0v) is 11.0. The Kier molecular flexibility index (Phi) is 4.96. The van der Waals surface area contributed by atoms with Crippen molar-refractivity contribution in [2.75, 3.05) is 12.4 Å². The molecular formula is C12H19NO3S. The van der Waals surface area contributed by atoms with E-state index >= 15 is 0 Å². The summed E-state index contributed by atoms with van der Waals surface area (Å²) >= 11 is 0. The summed E-state index contributed by atoms with van der Waals surface area (Å²) in [6, 6.07) is 7.67. The van der Waals surface area contributed by atoms with Crippen LogP contribution in [0.1, 0.15) is 18.9 Å². The number of benzene rings is 1. The van der Waals surface area contributed by atoms with Crippen molar-refractivity contribution in [1.82, 2.24) is 0 Å². The van der Waals surface area contributed by atoms with E-state index in [0.29, 0.717) is 6.61 Å². The van der Waals surface area contributed by atoms with Gasteiger partial charge in [0.15, 0.2) is 0 Å². The number of hydrogen-bond donors (Lipinski definition) is 1. The lowest BCUT2D eigenvalue weighted by Crippen LogP contribution is -2.26. The molecule has 0 amide bonds. The van der Waals surface area contributed by atoms with Crippen molar-refractivity contribution < 1.29 is 13.2 Å². The van der Waals surface area contributed by atoms with Crippen LogP contribution in [0.15, 0.2) is 24.3 Å². The van der Waals surface area contributed by atoms with E-state index in [4.69, 9.17) is 9.88 Å². The van der Waals surface area contributed by atoms with Crippen molar-refractivity contribution in [2.45, 2.75) is 20.3 Å². The fraction of sp³-hybridized carbons (Fsp3) is 0.500. The molecule has 4 nitrogen and oxygen atoms in total. The molecule has 0 bridgehead atoms. The first-order chi connectivity index (χ1) is 7.90. The molecule has 1 rings (SSSR count). The number of nitrogens with two attached hydrogens (primary N) is 1. The number of rotatable bonds is 6. The van der Waals surface area contributed by atoms with Crippen LogP contribution in [0.4, 0.5) is 0 Å². The van der Waals surface area contributed by atoms with Gasteiger partial charge in [-0.25, -0.2) is 13.6 Å². The van der Waals surface area contributed by atoms with E-state index in [0.717, 1.165) is 17.7 Å². The Morgan fingerprint density at radius 2 is 2.12 bits per heavy atom. The Morgan fingerprint density at radius 3 is 2.65 bits per heavy atom. The van der Waals surface area contributed by atoms with Gasteiger partial charge in [-0.15, -0.1) is 0 Å². The molecule has 0 spiro atoms. The number of hydrogen-bond acceptors (Lipinski definition) is 3. The Morgan fingerprint density at radius 1 is 1.41 bits per heavy atom. The Labute approximate surface area is 103 Å². The van der Waals surface area contributed by atoms with E-state index in [-0.39, 0.29) is 11.7 Å². The third kappa shape index (κ3) is 5.70. The highest BCUT2D eigenvalue weighted by Gasteiger charge is 2.14. The molecule has 0 saturated carbocycles. The molecular weight excluding hydrogens is 238 g/mol. The van der Waals surface area contributed by atoms with Gasteiger partial charge in [0.2, 0.25) is 10.0 Å². The monoisotopic (exact) mass is 257 g/mol. The quantitative estimate of drug-likeness (QED) is 0.843. The first kappa shape index (κ1) is 14.0. The van der Waals surface area contributed by atoms with E-state index in [9.17, 15) is 8.42 Å². The standard InChI is InChI=1S/C12H19NO3S/c1-3-11(9-17(13,14)15)8-16-12-6-4-5-10(2)7-12/h4-7,11H,3,8-9H2,1-2H3,(H2,13,14,15). The summed E-state index contributed by atoms with van der Waals surface area (Å²) in [5, 5.41) is 5.02. The molecule has 0 saturated heterocycles. The fourth-order valence-corrected chi connectivity index (χ4v) is 2.52. The van der Waals surface area contributed by atoms with Crippen molar-refractivity contribution >= 4 is 10.0 Å². The molecule has 0 aliphatic carbocycles. The summed E-state index contributed by atoms with van der Waals surface area (Å²) in [5.74, 6) is 0.665. The van der Waals surface area contributed by atoms with Gasteiger partial charge in [0.1, 0.15) is 5.75 Å². The molecule has 0 fully saturated rings. The Hall–Kier alpha value is -1.07. The molecule has 1 unspecified atom stereocenters. The minimum atomic E-state index is -3.43. The van der Waals surface area contributed by atoms with E-state index < -0.39 is 10.0 Å². The molecule has 2 N–H and O–H groups in total. The smallest absolute Gasteiger partial charge is 0.209 e. The predicted octanol–water partition coefficient (Wildman–Crippen LogP) is 1.69. The van der Waals surface area contributed by atoms with Gasteiger partial charge >= 0.3 is 0 Å². The highest BCUT2D eigenvalue weighted by molar-refractivity contribution is 7.89. The lowest BCUT2D eigenvalue weighted by molar-refractivity contribution is 0.257. The molecule has 5 heteroatoms. The fourth-order valence-electron chi connectivity index (χ4n) is 1.53. The molecule has 17 heavy (non-hydrogen) atoms. The molecule has 0 aliphatic heterocycles. The first-order valence-corrected chi connectivity index (χ1v) is 7.32. The average molecular weight is 257 g/mol. The van der Waals surface area contributed by atoms with Crippen LogP contribution in [0, 0.1) is 12.8 Å². The summed E-state index contributed by atoms with van der Waals surface area (Å²) in [6.07, 6.45) is 0.724. The summed E-state index contributed by atoms with van der Waals surface area (Å²) in [5.41, 5.74) is 1.11. The maximum atomic E-state index is 11.0. The minimum absolute atomic E-state index is 0.0324. The third-order valence-electron chi connectivity index (χ3n) is 2.52. The van der Waals surface area contributed by atoms with E-state index in [1.54, 1.807) is 0 Å². The largest absolute Gasteiger partial charge is 0.493 e. The van der Waals surface area contributed by atoms with Crippen LogP contribution in [-0.4, -0.2) is 20.8 Å². The number of ether oxygens (including phenoxy) is 1. The van der Waals surface area contributed by atoms with Gasteiger partial charge in [0.25, 0.3) is 0 Å². The van der Waals surface area contributed by atoms with Gasteiger partial charge in [-0.3, -0.25) is 0 Å². The zero-order chi connectivity index (χ0) is 12.9. The molecule has 1 atom stereocenters. The molecule has 1 aromatic rings. The van der Waals surface area contributed by atoms with Crippen molar-refractivity contribution in [2.24, 2.45) is 11.1 Å². The highest BCUT2D eigenvalue weighted by atomic mass is 32.2. The highest BCUT2D eigenvalue weighted by Crippen LogP contribution is 2.14. The third-order valence-corrected chi connectivity index (χ3v) is 3.46. The van der Waals surface area contributed by atoms with Crippen molar-refractivity contribution in [3.8, 4) is 5.75 Å². The number of aryl methyl sites for hydroxylation is 1. The lowest BCUT2D eigenvalue weighted by Gasteiger charge is -2.14. The van der Waals surface area contributed by atoms with Crippen LogP contribution in [0.5, 0.6) is 5.75 Å². The van der Waals surface area contributed by atoms with Crippen LogP contribution in [0.3, 0.4) is 0 Å². The normalized spacial score (nSPS) is 13.4. The summed E-state index contributed by atoms with van der Waals surface area (Å²) in [7, 11) is -3.43. The summed E-state index contributed by atoms with van der Waals surface area (Å²) in [4.78, 5) is 0. The van der Waals surface area contributed by atoms with Gasteiger partial charge in [-0.2, -0.15) is 0 Å². The zero-order valence-electron chi connectivity index (χ0n) is 10.2. The molecule has 1 aromatic carbocycles. The van der Waals surface area contributed by atoms with Crippen LogP contribution < -0.4 is 9.88 Å². The Balaban J connectivity index is 2.53. The van der Waals surface area contributed by atoms with E-state index in [1.807, 2.05) is 38.1 Å². The predicted molar refractivity (Wildman–Crippen MR) is 68.4 cm³/mol. The van der Waals surface area contributed by atoms with Crippen LogP contribution in [-0.2, 0) is 10.0 Å². The van der Waals surface area contributed by atoms with Crippen molar-refractivity contribution in [1.29, 1.82) is 0 Å². The SMILES string of the molecule is CCC(COc1cccc(C)c1)CS(N)(=O)=O. The lowest BCUT2D eigenvalue weighted by atomic mass is 10.1.